The molecule has 0 aliphatic heterocycles. The topological polar surface area (TPSA) is 46.9 Å². The highest BCUT2D eigenvalue weighted by Crippen LogP contribution is 2.22. The first kappa shape index (κ1) is 19.6. The average molecular weight is 399 g/mol. The van der Waals surface area contributed by atoms with Gasteiger partial charge in [0, 0.05) is 12.6 Å². The summed E-state index contributed by atoms with van der Waals surface area (Å²) in [5, 5.41) is 7.47. The molecule has 0 bridgehead atoms. The molecule has 4 rings (SSSR count). The number of hydrogen-bond donors (Lipinski definition) is 1. The van der Waals surface area contributed by atoms with E-state index < -0.39 is 0 Å². The number of para-hydroxylation sites is 1. The van der Waals surface area contributed by atoms with Crippen molar-refractivity contribution in [1.82, 2.24) is 15.1 Å². The van der Waals surface area contributed by atoms with Gasteiger partial charge in [-0.1, -0.05) is 60.7 Å². The predicted octanol–water partition coefficient (Wildman–Crippen LogP) is 4.85. The van der Waals surface area contributed by atoms with Gasteiger partial charge in [-0.2, -0.15) is 5.10 Å². The average Bonchev–Trinajstić information content (AvgIpc) is 3.27. The first-order valence-electron chi connectivity index (χ1n) is 9.88. The number of benzene rings is 3. The molecule has 1 unspecified atom stereocenters. The molecule has 150 valence electrons. The van der Waals surface area contributed by atoms with E-state index in [9.17, 15) is 9.18 Å². The third kappa shape index (κ3) is 4.81. The molecule has 1 N–H and O–H groups in total. The van der Waals surface area contributed by atoms with E-state index in [1.54, 1.807) is 23.0 Å². The molecule has 0 fully saturated rings. The number of amides is 1. The summed E-state index contributed by atoms with van der Waals surface area (Å²) in [6.45, 7) is 0. The van der Waals surface area contributed by atoms with Gasteiger partial charge in [-0.05, 0) is 47.4 Å². The Labute approximate surface area is 175 Å². The lowest BCUT2D eigenvalue weighted by Crippen LogP contribution is -2.29. The largest absolute Gasteiger partial charge is 0.345 e. The number of hydrogen-bond acceptors (Lipinski definition) is 2. The van der Waals surface area contributed by atoms with Crippen molar-refractivity contribution in [3.63, 3.8) is 0 Å². The smallest absolute Gasteiger partial charge is 0.221 e. The molecule has 4 nitrogen and oxygen atoms in total. The van der Waals surface area contributed by atoms with Gasteiger partial charge in [0.05, 0.1) is 17.9 Å². The van der Waals surface area contributed by atoms with Gasteiger partial charge < -0.3 is 5.32 Å². The van der Waals surface area contributed by atoms with Gasteiger partial charge >= 0.3 is 0 Å². The van der Waals surface area contributed by atoms with Crippen LogP contribution in [0.15, 0.2) is 97.3 Å². The molecular formula is C25H22FN3O. The zero-order chi connectivity index (χ0) is 20.8. The molecule has 5 heteroatoms. The minimum absolute atomic E-state index is 0.0689. The molecule has 0 saturated heterocycles. The molecule has 1 amide bonds. The van der Waals surface area contributed by atoms with Crippen LogP contribution in [0.5, 0.6) is 0 Å². The summed E-state index contributed by atoms with van der Waals surface area (Å²) in [5.41, 5.74) is 3.77. The van der Waals surface area contributed by atoms with E-state index in [1.807, 2.05) is 66.9 Å². The van der Waals surface area contributed by atoms with Crippen LogP contribution in [-0.2, 0) is 11.2 Å². The maximum Gasteiger partial charge on any atom is 0.221 e. The minimum atomic E-state index is -0.327. The van der Waals surface area contributed by atoms with Crippen LogP contribution in [0.3, 0.4) is 0 Å². The second kappa shape index (κ2) is 9.18. The van der Waals surface area contributed by atoms with Crippen molar-refractivity contribution in [2.24, 2.45) is 0 Å². The van der Waals surface area contributed by atoms with Crippen molar-refractivity contribution in [3.8, 4) is 5.69 Å². The highest BCUT2D eigenvalue weighted by Gasteiger charge is 2.17. The third-order valence-electron chi connectivity index (χ3n) is 4.94. The minimum Gasteiger partial charge on any atom is -0.345 e. The Morgan fingerprint density at radius 3 is 2.23 bits per heavy atom. The van der Waals surface area contributed by atoms with Crippen LogP contribution in [0, 0.1) is 5.82 Å². The number of halogens is 1. The van der Waals surface area contributed by atoms with Crippen LogP contribution in [-0.4, -0.2) is 15.7 Å². The second-order valence-corrected chi connectivity index (χ2v) is 7.09. The van der Waals surface area contributed by atoms with Gasteiger partial charge in [-0.3, -0.25) is 4.79 Å². The number of carbonyl (C=O) groups excluding carboxylic acids is 1. The molecule has 0 saturated carbocycles. The van der Waals surface area contributed by atoms with Crippen molar-refractivity contribution < 1.29 is 9.18 Å². The first-order chi connectivity index (χ1) is 14.7. The maximum absolute atomic E-state index is 13.4. The standard InChI is InChI=1S/C25H22FN3O/c26-22-14-12-21(13-15-22)25(20-7-3-1-4-8-20)28-24(30)16-11-19-17-27-29(18-19)23-9-5-2-6-10-23/h1-10,12-15,17-18,25H,11,16H2,(H,28,30). The summed E-state index contributed by atoms with van der Waals surface area (Å²) in [7, 11) is 0. The number of carbonyl (C=O) groups is 1. The Balaban J connectivity index is 1.43. The predicted molar refractivity (Wildman–Crippen MR) is 115 cm³/mol. The van der Waals surface area contributed by atoms with Crippen LogP contribution < -0.4 is 5.32 Å². The zero-order valence-corrected chi connectivity index (χ0v) is 16.4. The Bertz CT molecular complexity index is 1090. The van der Waals surface area contributed by atoms with Crippen molar-refractivity contribution in [2.45, 2.75) is 18.9 Å². The lowest BCUT2D eigenvalue weighted by Gasteiger charge is -2.20. The van der Waals surface area contributed by atoms with E-state index in [2.05, 4.69) is 10.4 Å². The molecule has 4 aromatic rings. The van der Waals surface area contributed by atoms with Gasteiger partial charge in [0.1, 0.15) is 5.82 Å². The third-order valence-corrected chi connectivity index (χ3v) is 4.94. The Hall–Kier alpha value is -3.73. The molecule has 0 spiro atoms. The van der Waals surface area contributed by atoms with E-state index >= 15 is 0 Å². The van der Waals surface area contributed by atoms with E-state index in [-0.39, 0.29) is 17.8 Å². The summed E-state index contributed by atoms with van der Waals surface area (Å²) in [6.07, 6.45) is 4.65. The fourth-order valence-corrected chi connectivity index (χ4v) is 3.36. The van der Waals surface area contributed by atoms with E-state index in [0.29, 0.717) is 12.8 Å². The van der Waals surface area contributed by atoms with Crippen molar-refractivity contribution in [1.29, 1.82) is 0 Å². The Kier molecular flexibility index (Phi) is 5.99. The fraction of sp³-hybridized carbons (Fsp3) is 0.120. The van der Waals surface area contributed by atoms with Crippen LogP contribution in [0.2, 0.25) is 0 Å². The van der Waals surface area contributed by atoms with Crippen LogP contribution in [0.25, 0.3) is 5.69 Å². The van der Waals surface area contributed by atoms with Gasteiger partial charge in [0.25, 0.3) is 0 Å². The molecule has 1 aromatic heterocycles. The summed E-state index contributed by atoms with van der Waals surface area (Å²) in [6, 6.07) is 25.5. The molecule has 1 heterocycles. The van der Waals surface area contributed by atoms with E-state index in [1.165, 1.54) is 12.1 Å². The van der Waals surface area contributed by atoms with E-state index in [0.717, 1.165) is 22.4 Å². The molecule has 0 aliphatic carbocycles. The Morgan fingerprint density at radius 1 is 0.900 bits per heavy atom. The molecule has 30 heavy (non-hydrogen) atoms. The summed E-state index contributed by atoms with van der Waals surface area (Å²) in [5.74, 6) is -0.368. The van der Waals surface area contributed by atoms with Gasteiger partial charge in [-0.15, -0.1) is 0 Å². The maximum atomic E-state index is 13.4. The van der Waals surface area contributed by atoms with Gasteiger partial charge in [0.15, 0.2) is 0 Å². The number of aryl methyl sites for hydroxylation is 1. The number of nitrogens with one attached hydrogen (secondary N) is 1. The SMILES string of the molecule is O=C(CCc1cnn(-c2ccccc2)c1)NC(c1ccccc1)c1ccc(F)cc1. The quantitative estimate of drug-likeness (QED) is 0.483. The molecular weight excluding hydrogens is 377 g/mol. The lowest BCUT2D eigenvalue weighted by molar-refractivity contribution is -0.121. The van der Waals surface area contributed by atoms with Crippen molar-refractivity contribution >= 4 is 5.91 Å². The molecule has 0 aliphatic rings. The van der Waals surface area contributed by atoms with Crippen molar-refractivity contribution in [2.75, 3.05) is 0 Å². The van der Waals surface area contributed by atoms with Gasteiger partial charge in [0.2, 0.25) is 5.91 Å². The molecule has 0 radical (unpaired) electrons. The Morgan fingerprint density at radius 2 is 1.53 bits per heavy atom. The van der Waals surface area contributed by atoms with E-state index in [4.69, 9.17) is 0 Å². The second-order valence-electron chi connectivity index (χ2n) is 7.09. The molecule has 3 aromatic carbocycles. The number of nitrogens with zero attached hydrogens (tertiary/aromatic N) is 2. The fourth-order valence-electron chi connectivity index (χ4n) is 3.36. The molecule has 1 atom stereocenters. The number of rotatable bonds is 7. The normalized spacial score (nSPS) is 11.8. The van der Waals surface area contributed by atoms with Crippen LogP contribution in [0.4, 0.5) is 4.39 Å². The highest BCUT2D eigenvalue weighted by molar-refractivity contribution is 5.77. The highest BCUT2D eigenvalue weighted by atomic mass is 19.1. The van der Waals surface area contributed by atoms with Crippen LogP contribution >= 0.6 is 0 Å². The van der Waals surface area contributed by atoms with Crippen molar-refractivity contribution in [3.05, 3.63) is 120 Å². The summed E-state index contributed by atoms with van der Waals surface area (Å²) < 4.78 is 15.2. The monoisotopic (exact) mass is 399 g/mol. The zero-order valence-electron chi connectivity index (χ0n) is 16.4. The number of aromatic nitrogens is 2. The summed E-state index contributed by atoms with van der Waals surface area (Å²) in [4.78, 5) is 12.7. The van der Waals surface area contributed by atoms with Gasteiger partial charge in [-0.25, -0.2) is 9.07 Å². The lowest BCUT2D eigenvalue weighted by atomic mass is 9.98. The summed E-state index contributed by atoms with van der Waals surface area (Å²) >= 11 is 0. The van der Waals surface area contributed by atoms with Crippen LogP contribution in [0.1, 0.15) is 29.2 Å². The first-order valence-corrected chi connectivity index (χ1v) is 9.88.